The monoisotopic (exact) mass is 395 g/mol. The van der Waals surface area contributed by atoms with Crippen molar-refractivity contribution in [2.24, 2.45) is 4.99 Å². The van der Waals surface area contributed by atoms with Gasteiger partial charge in [0.25, 0.3) is 0 Å². The molecule has 6 heteroatoms. The van der Waals surface area contributed by atoms with Crippen molar-refractivity contribution in [3.8, 4) is 5.88 Å². The van der Waals surface area contributed by atoms with Crippen LogP contribution in [0.25, 0.3) is 0 Å². The zero-order chi connectivity index (χ0) is 16.8. The maximum Gasteiger partial charge on any atom is 0.228 e. The Morgan fingerprint density at radius 3 is 2.70 bits per heavy atom. The predicted molar refractivity (Wildman–Crippen MR) is 98.9 cm³/mol. The Morgan fingerprint density at radius 2 is 2.04 bits per heavy atom. The Kier molecular flexibility index (Phi) is 6.42. The summed E-state index contributed by atoms with van der Waals surface area (Å²) in [6.45, 7) is 5.32. The van der Waals surface area contributed by atoms with Crippen molar-refractivity contribution in [1.29, 1.82) is 0 Å². The summed E-state index contributed by atoms with van der Waals surface area (Å²) in [4.78, 5) is 10.9. The normalized spacial score (nSPS) is 11.0. The molecule has 1 aromatic heterocycles. The van der Waals surface area contributed by atoms with E-state index in [0.717, 1.165) is 28.0 Å². The second kappa shape index (κ2) is 8.31. The molecule has 0 fully saturated rings. The second-order valence-electron chi connectivity index (χ2n) is 5.11. The number of nitrogens with zero attached hydrogens (tertiary/aromatic N) is 3. The third kappa shape index (κ3) is 5.22. The van der Waals surface area contributed by atoms with E-state index in [4.69, 9.17) is 16.3 Å². The fourth-order valence-corrected chi connectivity index (χ4v) is 2.30. The minimum absolute atomic E-state index is 0.434. The van der Waals surface area contributed by atoms with Crippen LogP contribution in [-0.2, 0) is 6.61 Å². The molecule has 0 spiro atoms. The van der Waals surface area contributed by atoms with Gasteiger partial charge < -0.3 is 9.64 Å². The molecule has 23 heavy (non-hydrogen) atoms. The number of ether oxygens (including phenoxy) is 1. The van der Waals surface area contributed by atoms with Crippen LogP contribution in [0.4, 0.5) is 5.69 Å². The highest BCUT2D eigenvalue weighted by Gasteiger charge is 2.08. The van der Waals surface area contributed by atoms with Crippen LogP contribution in [0.15, 0.2) is 39.8 Å². The Balaban J connectivity index is 2.10. The first-order valence-corrected chi connectivity index (χ1v) is 8.45. The first-order chi connectivity index (χ1) is 11.0. The van der Waals surface area contributed by atoms with Crippen molar-refractivity contribution in [3.63, 3.8) is 0 Å². The van der Waals surface area contributed by atoms with Crippen molar-refractivity contribution in [2.45, 2.75) is 20.5 Å². The Labute approximate surface area is 150 Å². The molecule has 4 nitrogen and oxygen atoms in total. The minimum Gasteiger partial charge on any atom is -0.472 e. The predicted octanol–water partition coefficient (Wildman–Crippen LogP) is 5.00. The van der Waals surface area contributed by atoms with Crippen LogP contribution in [0, 0.1) is 6.92 Å². The molecule has 0 amide bonds. The van der Waals surface area contributed by atoms with Gasteiger partial charge in [-0.1, -0.05) is 23.7 Å². The molecule has 0 aliphatic carbocycles. The van der Waals surface area contributed by atoms with Crippen molar-refractivity contribution < 1.29 is 4.74 Å². The third-order valence-electron chi connectivity index (χ3n) is 3.29. The van der Waals surface area contributed by atoms with Gasteiger partial charge in [0.1, 0.15) is 6.61 Å². The highest BCUT2D eigenvalue weighted by molar-refractivity contribution is 9.10. The van der Waals surface area contributed by atoms with Crippen LogP contribution in [0.1, 0.15) is 18.2 Å². The van der Waals surface area contributed by atoms with Crippen LogP contribution in [0.5, 0.6) is 5.88 Å². The summed E-state index contributed by atoms with van der Waals surface area (Å²) in [5.41, 5.74) is 2.67. The maximum absolute atomic E-state index is 5.88. The molecule has 1 aromatic carbocycles. The van der Waals surface area contributed by atoms with Gasteiger partial charge in [0, 0.05) is 18.6 Å². The molecule has 0 unspecified atom stereocenters. The van der Waals surface area contributed by atoms with E-state index < -0.39 is 0 Å². The highest BCUT2D eigenvalue weighted by Crippen LogP contribution is 2.30. The van der Waals surface area contributed by atoms with Crippen LogP contribution in [0.3, 0.4) is 0 Å². The van der Waals surface area contributed by atoms with E-state index in [-0.39, 0.29) is 0 Å². The van der Waals surface area contributed by atoms with Gasteiger partial charge in [-0.3, -0.25) is 0 Å². The molecule has 0 aliphatic heterocycles. The van der Waals surface area contributed by atoms with E-state index in [1.54, 1.807) is 6.34 Å². The van der Waals surface area contributed by atoms with E-state index in [1.165, 1.54) is 0 Å². The second-order valence-corrected chi connectivity index (χ2v) is 6.40. The topological polar surface area (TPSA) is 37.7 Å². The standard InChI is InChI=1S/C17H19BrClN3O/c1-4-22(3)11-20-16-9-15(18)17(21-12(16)2)23-10-13-5-7-14(19)8-6-13/h5-9,11H,4,10H2,1-3H3/b20-11+. The van der Waals surface area contributed by atoms with Gasteiger partial charge in [-0.05, 0) is 53.5 Å². The summed E-state index contributed by atoms with van der Waals surface area (Å²) in [6.07, 6.45) is 1.80. The summed E-state index contributed by atoms with van der Waals surface area (Å²) in [5, 5.41) is 0.711. The van der Waals surface area contributed by atoms with Crippen molar-refractivity contribution in [3.05, 3.63) is 51.1 Å². The maximum atomic E-state index is 5.88. The van der Waals surface area contributed by atoms with E-state index in [1.807, 2.05) is 49.2 Å². The summed E-state index contributed by atoms with van der Waals surface area (Å²) in [7, 11) is 1.98. The molecule has 2 aromatic rings. The van der Waals surface area contributed by atoms with Crippen LogP contribution < -0.4 is 4.74 Å². The number of hydrogen-bond acceptors (Lipinski definition) is 3. The lowest BCUT2D eigenvalue weighted by molar-refractivity contribution is 0.291. The number of benzene rings is 1. The number of pyridine rings is 1. The lowest BCUT2D eigenvalue weighted by atomic mass is 10.2. The molecular weight excluding hydrogens is 378 g/mol. The van der Waals surface area contributed by atoms with Crippen molar-refractivity contribution >= 4 is 39.6 Å². The Morgan fingerprint density at radius 1 is 1.35 bits per heavy atom. The average molecular weight is 397 g/mol. The largest absolute Gasteiger partial charge is 0.472 e. The average Bonchev–Trinajstić information content (AvgIpc) is 2.55. The molecule has 0 radical (unpaired) electrons. The molecular formula is C17H19BrClN3O. The first-order valence-electron chi connectivity index (χ1n) is 7.28. The minimum atomic E-state index is 0.434. The summed E-state index contributed by atoms with van der Waals surface area (Å²) in [5.74, 6) is 0.556. The number of hydrogen-bond donors (Lipinski definition) is 0. The van der Waals surface area contributed by atoms with Gasteiger partial charge in [0.15, 0.2) is 0 Å². The van der Waals surface area contributed by atoms with Gasteiger partial charge in [0.2, 0.25) is 5.88 Å². The van der Waals surface area contributed by atoms with Crippen molar-refractivity contribution in [1.82, 2.24) is 9.88 Å². The lowest BCUT2D eigenvalue weighted by Crippen LogP contribution is -2.14. The van der Waals surface area contributed by atoms with Crippen LogP contribution >= 0.6 is 27.5 Å². The smallest absolute Gasteiger partial charge is 0.228 e. The number of aromatic nitrogens is 1. The van der Waals surface area contributed by atoms with Crippen molar-refractivity contribution in [2.75, 3.05) is 13.6 Å². The number of rotatable bonds is 6. The number of halogens is 2. The molecule has 1 heterocycles. The zero-order valence-electron chi connectivity index (χ0n) is 13.4. The SMILES string of the molecule is CCN(C)/C=N/c1cc(Br)c(OCc2ccc(Cl)cc2)nc1C. The van der Waals surface area contributed by atoms with E-state index >= 15 is 0 Å². The van der Waals surface area contributed by atoms with E-state index in [9.17, 15) is 0 Å². The van der Waals surface area contributed by atoms with Gasteiger partial charge in [-0.2, -0.15) is 0 Å². The fourth-order valence-electron chi connectivity index (χ4n) is 1.76. The molecule has 122 valence electrons. The van der Waals surface area contributed by atoms with E-state index in [2.05, 4.69) is 32.8 Å². The summed E-state index contributed by atoms with van der Waals surface area (Å²) < 4.78 is 6.56. The molecule has 0 atom stereocenters. The Bertz CT molecular complexity index is 689. The molecule has 2 rings (SSSR count). The highest BCUT2D eigenvalue weighted by atomic mass is 79.9. The molecule has 0 saturated carbocycles. The number of aryl methyl sites for hydroxylation is 1. The molecule has 0 aliphatic rings. The van der Waals surface area contributed by atoms with Crippen LogP contribution in [-0.4, -0.2) is 29.8 Å². The fraction of sp³-hybridized carbons (Fsp3) is 0.294. The van der Waals surface area contributed by atoms with Crippen LogP contribution in [0.2, 0.25) is 5.02 Å². The zero-order valence-corrected chi connectivity index (χ0v) is 15.7. The third-order valence-corrected chi connectivity index (χ3v) is 4.11. The Hall–Kier alpha value is -1.59. The van der Waals surface area contributed by atoms with Gasteiger partial charge in [-0.25, -0.2) is 9.98 Å². The summed E-state index contributed by atoms with van der Waals surface area (Å²) in [6, 6.07) is 9.47. The molecule has 0 N–H and O–H groups in total. The van der Waals surface area contributed by atoms with Gasteiger partial charge >= 0.3 is 0 Å². The number of aliphatic imine (C=N–C) groups is 1. The van der Waals surface area contributed by atoms with E-state index in [0.29, 0.717) is 17.5 Å². The lowest BCUT2D eigenvalue weighted by Gasteiger charge is -2.11. The van der Waals surface area contributed by atoms with Gasteiger partial charge in [0.05, 0.1) is 22.2 Å². The first kappa shape index (κ1) is 17.8. The quantitative estimate of drug-likeness (QED) is 0.509. The summed E-state index contributed by atoms with van der Waals surface area (Å²) >= 11 is 9.37. The molecule has 0 saturated heterocycles. The molecule has 0 bridgehead atoms. The van der Waals surface area contributed by atoms with Gasteiger partial charge in [-0.15, -0.1) is 0 Å².